The molecule has 0 aliphatic carbocycles. The number of para-hydroxylation sites is 2. The van der Waals surface area contributed by atoms with Crippen LogP contribution >= 0.6 is 0 Å². The lowest BCUT2D eigenvalue weighted by Crippen LogP contribution is -2.20. The number of hydrogen-bond donors (Lipinski definition) is 0. The van der Waals surface area contributed by atoms with E-state index in [-0.39, 0.29) is 24.3 Å². The van der Waals surface area contributed by atoms with Gasteiger partial charge in [-0.3, -0.25) is 9.59 Å². The highest BCUT2D eigenvalue weighted by molar-refractivity contribution is 5.81. The summed E-state index contributed by atoms with van der Waals surface area (Å²) < 4.78 is 6.63. The van der Waals surface area contributed by atoms with Gasteiger partial charge in [0.1, 0.15) is 12.4 Å². The fourth-order valence-corrected chi connectivity index (χ4v) is 2.80. The van der Waals surface area contributed by atoms with Crippen LogP contribution in [0.4, 0.5) is 0 Å². The Balaban J connectivity index is 2.06. The first-order valence-electron chi connectivity index (χ1n) is 6.86. The maximum Gasteiger partial charge on any atom is 0.325 e. The zero-order valence-electron chi connectivity index (χ0n) is 12.1. The Morgan fingerprint density at radius 2 is 2.19 bits per heavy atom. The lowest BCUT2D eigenvalue weighted by molar-refractivity contribution is -0.141. The van der Waals surface area contributed by atoms with Gasteiger partial charge in [0.25, 0.3) is 0 Å². The average molecular weight is 287 g/mol. The Morgan fingerprint density at radius 3 is 2.86 bits per heavy atom. The van der Waals surface area contributed by atoms with Crippen LogP contribution in [0.15, 0.2) is 24.3 Å². The molecule has 0 spiro atoms. The van der Waals surface area contributed by atoms with E-state index in [1.54, 1.807) is 11.9 Å². The van der Waals surface area contributed by atoms with Crippen LogP contribution in [-0.4, -0.2) is 47.0 Å². The lowest BCUT2D eigenvalue weighted by Gasteiger charge is -2.12. The van der Waals surface area contributed by atoms with Crippen molar-refractivity contribution in [2.75, 3.05) is 20.7 Å². The van der Waals surface area contributed by atoms with E-state index in [1.165, 1.54) is 7.11 Å². The molecule has 1 atom stereocenters. The van der Waals surface area contributed by atoms with Crippen molar-refractivity contribution < 1.29 is 14.3 Å². The van der Waals surface area contributed by atoms with Crippen molar-refractivity contribution in [1.82, 2.24) is 14.5 Å². The number of likely N-dealkylation sites (tertiary alicyclic amines) is 1. The van der Waals surface area contributed by atoms with Gasteiger partial charge in [0.05, 0.1) is 18.1 Å². The van der Waals surface area contributed by atoms with Crippen molar-refractivity contribution in [1.29, 1.82) is 0 Å². The second kappa shape index (κ2) is 5.20. The third-order valence-electron chi connectivity index (χ3n) is 3.91. The second-order valence-electron chi connectivity index (χ2n) is 5.30. The number of likely N-dealkylation sites (N-methyl/N-ethyl adjacent to an activating group) is 1. The summed E-state index contributed by atoms with van der Waals surface area (Å²) in [5.41, 5.74) is 1.72. The molecule has 1 saturated heterocycles. The minimum absolute atomic E-state index is 0.0135. The molecular weight excluding hydrogens is 270 g/mol. The van der Waals surface area contributed by atoms with Gasteiger partial charge in [0, 0.05) is 25.9 Å². The van der Waals surface area contributed by atoms with E-state index in [0.29, 0.717) is 13.0 Å². The molecule has 0 radical (unpaired) electrons. The lowest BCUT2D eigenvalue weighted by atomic mass is 10.1. The number of amides is 1. The predicted molar refractivity (Wildman–Crippen MR) is 76.7 cm³/mol. The van der Waals surface area contributed by atoms with Crippen molar-refractivity contribution in [3.05, 3.63) is 30.1 Å². The average Bonchev–Trinajstić information content (AvgIpc) is 3.00. The Hall–Kier alpha value is -2.37. The third-order valence-corrected chi connectivity index (χ3v) is 3.91. The molecule has 1 aromatic heterocycles. The van der Waals surface area contributed by atoms with E-state index in [9.17, 15) is 9.59 Å². The van der Waals surface area contributed by atoms with Crippen LogP contribution in [0.25, 0.3) is 11.0 Å². The quantitative estimate of drug-likeness (QED) is 0.795. The van der Waals surface area contributed by atoms with Crippen LogP contribution in [0.1, 0.15) is 18.2 Å². The molecule has 21 heavy (non-hydrogen) atoms. The van der Waals surface area contributed by atoms with Crippen molar-refractivity contribution in [2.45, 2.75) is 18.9 Å². The molecule has 1 fully saturated rings. The molecule has 0 N–H and O–H groups in total. The maximum absolute atomic E-state index is 11.8. The summed E-state index contributed by atoms with van der Waals surface area (Å²) in [5.74, 6) is 0.576. The van der Waals surface area contributed by atoms with Crippen LogP contribution in [0.5, 0.6) is 0 Å². The van der Waals surface area contributed by atoms with E-state index in [0.717, 1.165) is 16.9 Å². The summed E-state index contributed by atoms with van der Waals surface area (Å²) in [6.45, 7) is 0.740. The van der Waals surface area contributed by atoms with Gasteiger partial charge < -0.3 is 14.2 Å². The van der Waals surface area contributed by atoms with Crippen molar-refractivity contribution in [3.63, 3.8) is 0 Å². The van der Waals surface area contributed by atoms with Crippen molar-refractivity contribution in [2.24, 2.45) is 0 Å². The molecule has 1 aliphatic heterocycles. The SMILES string of the molecule is COC(=O)Cn1c(C2CC(=O)N(C)C2)nc2ccccc21. The van der Waals surface area contributed by atoms with Gasteiger partial charge in [-0.25, -0.2) is 4.98 Å². The molecule has 2 aromatic rings. The Morgan fingerprint density at radius 1 is 1.43 bits per heavy atom. The maximum atomic E-state index is 11.8. The number of carbonyl (C=O) groups excluding carboxylic acids is 2. The molecule has 0 bridgehead atoms. The highest BCUT2D eigenvalue weighted by atomic mass is 16.5. The van der Waals surface area contributed by atoms with E-state index in [4.69, 9.17) is 4.74 Å². The normalized spacial score (nSPS) is 18.5. The number of nitrogens with zero attached hydrogens (tertiary/aromatic N) is 3. The molecule has 6 nitrogen and oxygen atoms in total. The van der Waals surface area contributed by atoms with Crippen LogP contribution in [0.3, 0.4) is 0 Å². The Bertz CT molecular complexity index is 707. The van der Waals surface area contributed by atoms with Gasteiger partial charge in [-0.2, -0.15) is 0 Å². The van der Waals surface area contributed by atoms with Crippen LogP contribution in [0.2, 0.25) is 0 Å². The summed E-state index contributed by atoms with van der Waals surface area (Å²) in [6.07, 6.45) is 0.432. The fraction of sp³-hybridized carbons (Fsp3) is 0.400. The molecule has 1 unspecified atom stereocenters. The largest absolute Gasteiger partial charge is 0.468 e. The van der Waals surface area contributed by atoms with Crippen molar-refractivity contribution >= 4 is 22.9 Å². The predicted octanol–water partition coefficient (Wildman–Crippen LogP) is 1.15. The minimum atomic E-state index is -0.322. The van der Waals surface area contributed by atoms with E-state index >= 15 is 0 Å². The highest BCUT2D eigenvalue weighted by Gasteiger charge is 2.32. The third kappa shape index (κ3) is 2.37. The molecule has 1 aliphatic rings. The standard InChI is InChI=1S/C15H17N3O3/c1-17-8-10(7-13(17)19)15-16-11-5-3-4-6-12(11)18(15)9-14(20)21-2/h3-6,10H,7-9H2,1-2H3. The number of ether oxygens (including phenoxy) is 1. The smallest absolute Gasteiger partial charge is 0.325 e. The topological polar surface area (TPSA) is 64.4 Å². The first kappa shape index (κ1) is 13.6. The molecule has 110 valence electrons. The Labute approximate surface area is 122 Å². The van der Waals surface area contributed by atoms with Crippen LogP contribution in [-0.2, 0) is 20.9 Å². The second-order valence-corrected chi connectivity index (χ2v) is 5.30. The van der Waals surface area contributed by atoms with Crippen molar-refractivity contribution in [3.8, 4) is 0 Å². The number of hydrogen-bond acceptors (Lipinski definition) is 4. The summed E-state index contributed by atoms with van der Waals surface area (Å²) in [7, 11) is 3.16. The summed E-state index contributed by atoms with van der Waals surface area (Å²) in [6, 6.07) is 7.66. The van der Waals surface area contributed by atoms with Gasteiger partial charge in [-0.05, 0) is 12.1 Å². The van der Waals surface area contributed by atoms with Gasteiger partial charge in [0.2, 0.25) is 5.91 Å². The first-order chi connectivity index (χ1) is 10.1. The number of imidazole rings is 1. The Kier molecular flexibility index (Phi) is 3.37. The number of aromatic nitrogens is 2. The molecule has 1 aromatic carbocycles. The number of methoxy groups -OCH3 is 1. The molecule has 3 rings (SSSR count). The van der Waals surface area contributed by atoms with Gasteiger partial charge >= 0.3 is 5.97 Å². The minimum Gasteiger partial charge on any atom is -0.468 e. The molecule has 0 saturated carbocycles. The first-order valence-corrected chi connectivity index (χ1v) is 6.86. The summed E-state index contributed by atoms with van der Waals surface area (Å²) in [5, 5.41) is 0. The summed E-state index contributed by atoms with van der Waals surface area (Å²) in [4.78, 5) is 29.8. The number of rotatable bonds is 3. The van der Waals surface area contributed by atoms with Crippen LogP contribution < -0.4 is 0 Å². The number of esters is 1. The molecule has 6 heteroatoms. The van der Waals surface area contributed by atoms with E-state index in [1.807, 2.05) is 28.8 Å². The van der Waals surface area contributed by atoms with Gasteiger partial charge in [-0.15, -0.1) is 0 Å². The van der Waals surface area contributed by atoms with E-state index < -0.39 is 0 Å². The van der Waals surface area contributed by atoms with Gasteiger partial charge in [0.15, 0.2) is 0 Å². The van der Waals surface area contributed by atoms with Crippen LogP contribution in [0, 0.1) is 0 Å². The monoisotopic (exact) mass is 287 g/mol. The fourth-order valence-electron chi connectivity index (χ4n) is 2.80. The van der Waals surface area contributed by atoms with Gasteiger partial charge in [-0.1, -0.05) is 12.1 Å². The number of benzene rings is 1. The molecule has 2 heterocycles. The number of fused-ring (bicyclic) bond motifs is 1. The zero-order chi connectivity index (χ0) is 15.0. The van der Waals surface area contributed by atoms with E-state index in [2.05, 4.69) is 4.98 Å². The zero-order valence-corrected chi connectivity index (χ0v) is 12.1. The number of carbonyl (C=O) groups is 2. The molecule has 1 amide bonds. The summed E-state index contributed by atoms with van der Waals surface area (Å²) >= 11 is 0. The molecular formula is C15H17N3O3. The highest BCUT2D eigenvalue weighted by Crippen LogP contribution is 2.29.